The summed E-state index contributed by atoms with van der Waals surface area (Å²) < 4.78 is 0. The fraction of sp³-hybridized carbons (Fsp3) is 0.800. The minimum atomic E-state index is -0.310. The van der Waals surface area contributed by atoms with Gasteiger partial charge in [-0.05, 0) is 67.3 Å². The molecule has 5 rings (SSSR count). The topological polar surface area (TPSA) is 74.9 Å². The summed E-state index contributed by atoms with van der Waals surface area (Å²) in [5, 5.41) is 16.5. The van der Waals surface area contributed by atoms with E-state index in [1.807, 2.05) is 6.20 Å². The molecule has 4 N–H and O–H groups in total. The normalized spacial score (nSPS) is 41.7. The minimum Gasteiger partial charge on any atom is -0.394 e. The van der Waals surface area contributed by atoms with E-state index in [0.29, 0.717) is 5.92 Å². The summed E-state index contributed by atoms with van der Waals surface area (Å²) in [6.45, 7) is -0.0114. The Morgan fingerprint density at radius 2 is 1.84 bits per heavy atom. The highest BCUT2D eigenvalue weighted by Gasteiger charge is 2.49. The van der Waals surface area contributed by atoms with E-state index in [1.165, 1.54) is 37.7 Å². The van der Waals surface area contributed by atoms with Crippen molar-refractivity contribution in [1.29, 1.82) is 0 Å². The number of nitrogens with zero attached hydrogens (tertiary/aromatic N) is 1. The molecular formula is C15H23N3O. The Balaban J connectivity index is 1.67. The zero-order valence-electron chi connectivity index (χ0n) is 11.3. The van der Waals surface area contributed by atoms with E-state index in [0.717, 1.165) is 29.4 Å². The molecule has 0 aliphatic heterocycles. The number of nitrogens with one attached hydrogen (secondary N) is 1. The van der Waals surface area contributed by atoms with E-state index >= 15 is 0 Å². The van der Waals surface area contributed by atoms with Gasteiger partial charge in [0.25, 0.3) is 0 Å². The van der Waals surface area contributed by atoms with Gasteiger partial charge < -0.3 is 10.8 Å². The zero-order valence-corrected chi connectivity index (χ0v) is 11.3. The Hall–Kier alpha value is -0.870. The number of aliphatic hydroxyl groups excluding tert-OH is 1. The first-order valence-electron chi connectivity index (χ1n) is 7.65. The molecule has 0 amide bonds. The third-order valence-corrected chi connectivity index (χ3v) is 5.85. The average Bonchev–Trinajstić information content (AvgIpc) is 2.85. The maximum atomic E-state index is 9.31. The predicted octanol–water partition coefficient (Wildman–Crippen LogP) is 1.94. The molecule has 0 aromatic carbocycles. The van der Waals surface area contributed by atoms with Gasteiger partial charge in [-0.15, -0.1) is 0 Å². The van der Waals surface area contributed by atoms with E-state index in [2.05, 4.69) is 10.2 Å². The van der Waals surface area contributed by atoms with Crippen LogP contribution in [0.15, 0.2) is 6.20 Å². The summed E-state index contributed by atoms with van der Waals surface area (Å²) >= 11 is 0. The van der Waals surface area contributed by atoms with Gasteiger partial charge in [0, 0.05) is 0 Å². The number of rotatable bonds is 3. The largest absolute Gasteiger partial charge is 0.394 e. The SMILES string of the molecule is NC(CO)c1[nH]ncc1C1C2CC3CC(C2)CC1C3. The van der Waals surface area contributed by atoms with Crippen LogP contribution < -0.4 is 5.73 Å². The molecule has 4 bridgehead atoms. The van der Waals surface area contributed by atoms with Gasteiger partial charge in [0.05, 0.1) is 24.5 Å². The smallest absolute Gasteiger partial charge is 0.0702 e. The summed E-state index contributed by atoms with van der Waals surface area (Å²) in [5.74, 6) is 4.28. The fourth-order valence-electron chi connectivity index (χ4n) is 5.39. The summed E-state index contributed by atoms with van der Waals surface area (Å²) in [5.41, 5.74) is 8.28. The van der Waals surface area contributed by atoms with Crippen molar-refractivity contribution >= 4 is 0 Å². The third kappa shape index (κ3) is 1.77. The zero-order chi connectivity index (χ0) is 13.0. The number of aromatic amines is 1. The molecule has 1 heterocycles. The molecule has 4 saturated carbocycles. The van der Waals surface area contributed by atoms with Gasteiger partial charge in [-0.3, -0.25) is 5.10 Å². The van der Waals surface area contributed by atoms with Crippen LogP contribution in [0.5, 0.6) is 0 Å². The molecule has 1 aromatic heterocycles. The molecule has 4 nitrogen and oxygen atoms in total. The molecule has 4 heteroatoms. The van der Waals surface area contributed by atoms with Crippen LogP contribution in [-0.4, -0.2) is 21.9 Å². The number of H-pyrrole nitrogens is 1. The van der Waals surface area contributed by atoms with Crippen molar-refractivity contribution in [3.8, 4) is 0 Å². The lowest BCUT2D eigenvalue weighted by atomic mass is 9.50. The summed E-state index contributed by atoms with van der Waals surface area (Å²) in [7, 11) is 0. The molecule has 104 valence electrons. The van der Waals surface area contributed by atoms with E-state index in [1.54, 1.807) is 0 Å². The number of hydrogen-bond acceptors (Lipinski definition) is 3. The Morgan fingerprint density at radius 3 is 2.42 bits per heavy atom. The van der Waals surface area contributed by atoms with Gasteiger partial charge >= 0.3 is 0 Å². The van der Waals surface area contributed by atoms with Gasteiger partial charge in [-0.1, -0.05) is 0 Å². The summed E-state index contributed by atoms with van der Waals surface area (Å²) in [4.78, 5) is 0. The van der Waals surface area contributed by atoms with Gasteiger partial charge in [0.2, 0.25) is 0 Å². The van der Waals surface area contributed by atoms with Crippen LogP contribution in [0.4, 0.5) is 0 Å². The fourth-order valence-corrected chi connectivity index (χ4v) is 5.39. The van der Waals surface area contributed by atoms with Crippen molar-refractivity contribution in [3.05, 3.63) is 17.5 Å². The van der Waals surface area contributed by atoms with E-state index in [9.17, 15) is 5.11 Å². The Labute approximate surface area is 113 Å². The summed E-state index contributed by atoms with van der Waals surface area (Å²) in [6.07, 6.45) is 9.05. The molecule has 4 aliphatic rings. The van der Waals surface area contributed by atoms with Crippen molar-refractivity contribution in [1.82, 2.24) is 10.2 Å². The first-order valence-corrected chi connectivity index (χ1v) is 7.65. The number of nitrogens with two attached hydrogens (primary N) is 1. The first kappa shape index (κ1) is 11.9. The Kier molecular flexibility index (Phi) is 2.71. The van der Waals surface area contributed by atoms with Crippen LogP contribution >= 0.6 is 0 Å². The quantitative estimate of drug-likeness (QED) is 0.778. The third-order valence-electron chi connectivity index (χ3n) is 5.85. The van der Waals surface area contributed by atoms with Crippen LogP contribution in [0.2, 0.25) is 0 Å². The number of aromatic nitrogens is 2. The molecule has 1 atom stereocenters. The highest BCUT2D eigenvalue weighted by Crippen LogP contribution is 2.60. The van der Waals surface area contributed by atoms with E-state index in [4.69, 9.17) is 5.73 Å². The Bertz CT molecular complexity index is 442. The first-order chi connectivity index (χ1) is 9.26. The number of hydrogen-bond donors (Lipinski definition) is 3. The lowest BCUT2D eigenvalue weighted by Crippen LogP contribution is -2.44. The maximum absolute atomic E-state index is 9.31. The highest BCUT2D eigenvalue weighted by atomic mass is 16.3. The van der Waals surface area contributed by atoms with Crippen molar-refractivity contribution in [2.45, 2.75) is 44.1 Å². The van der Waals surface area contributed by atoms with Gasteiger partial charge in [0.1, 0.15) is 0 Å². The molecule has 0 radical (unpaired) electrons. The average molecular weight is 261 g/mol. The predicted molar refractivity (Wildman–Crippen MR) is 72.4 cm³/mol. The van der Waals surface area contributed by atoms with Crippen LogP contribution in [-0.2, 0) is 0 Å². The molecule has 4 fully saturated rings. The van der Waals surface area contributed by atoms with Crippen LogP contribution in [0.3, 0.4) is 0 Å². The van der Waals surface area contributed by atoms with E-state index < -0.39 is 0 Å². The van der Waals surface area contributed by atoms with E-state index in [-0.39, 0.29) is 12.6 Å². The second-order valence-electron chi connectivity index (χ2n) is 6.98. The van der Waals surface area contributed by atoms with Crippen LogP contribution in [0.1, 0.15) is 55.3 Å². The monoisotopic (exact) mass is 261 g/mol. The van der Waals surface area contributed by atoms with Crippen molar-refractivity contribution in [2.24, 2.45) is 29.4 Å². The molecule has 4 aliphatic carbocycles. The molecule has 0 spiro atoms. The second kappa shape index (κ2) is 4.32. The Morgan fingerprint density at radius 1 is 1.21 bits per heavy atom. The molecule has 1 unspecified atom stereocenters. The van der Waals surface area contributed by atoms with Crippen LogP contribution in [0, 0.1) is 23.7 Å². The molecule has 1 aromatic rings. The van der Waals surface area contributed by atoms with Gasteiger partial charge in [-0.25, -0.2) is 0 Å². The highest BCUT2D eigenvalue weighted by molar-refractivity contribution is 5.28. The molecule has 0 saturated heterocycles. The number of aliphatic hydroxyl groups is 1. The lowest BCUT2D eigenvalue weighted by Gasteiger charge is -2.54. The minimum absolute atomic E-state index is 0.0114. The van der Waals surface area contributed by atoms with Gasteiger partial charge in [0.15, 0.2) is 0 Å². The lowest BCUT2D eigenvalue weighted by molar-refractivity contribution is -0.00322. The van der Waals surface area contributed by atoms with Crippen molar-refractivity contribution in [2.75, 3.05) is 6.61 Å². The van der Waals surface area contributed by atoms with Gasteiger partial charge in [-0.2, -0.15) is 5.10 Å². The van der Waals surface area contributed by atoms with Crippen molar-refractivity contribution in [3.63, 3.8) is 0 Å². The standard InChI is InChI=1S/C15H23N3O/c16-13(7-19)15-12(6-17-18-15)14-10-2-8-1-9(4-10)5-11(14)3-8/h6,8-11,13-14,19H,1-5,7,16H2,(H,17,18). The van der Waals surface area contributed by atoms with Crippen molar-refractivity contribution < 1.29 is 5.11 Å². The summed E-state index contributed by atoms with van der Waals surface area (Å²) in [6, 6.07) is -0.310. The molecular weight excluding hydrogens is 238 g/mol. The van der Waals surface area contributed by atoms with Crippen LogP contribution in [0.25, 0.3) is 0 Å². The molecule has 19 heavy (non-hydrogen) atoms. The maximum Gasteiger partial charge on any atom is 0.0702 e. The second-order valence-corrected chi connectivity index (χ2v) is 6.98.